The SMILES string of the molecule is CC(C)(C)C1NC(=O)CCc2ccc3c(c2)C(C#N)(CC3)c2oc1nc2C1[B]C(C(F)(F)F)=CO1. The number of aromatic nitrogens is 1. The predicted octanol–water partition coefficient (Wildman–Crippen LogP) is 4.72. The summed E-state index contributed by atoms with van der Waals surface area (Å²) < 4.78 is 51.7. The number of nitriles is 1. The maximum atomic E-state index is 13.4. The normalized spacial score (nSPS) is 26.0. The number of rotatable bonds is 1. The van der Waals surface area contributed by atoms with Crippen LogP contribution in [-0.4, -0.2) is 24.3 Å². The van der Waals surface area contributed by atoms with Crippen molar-refractivity contribution in [3.05, 3.63) is 64.0 Å². The fourth-order valence-electron chi connectivity index (χ4n) is 5.06. The molecule has 1 aromatic carbocycles. The van der Waals surface area contributed by atoms with E-state index in [4.69, 9.17) is 9.15 Å². The molecule has 4 bridgehead atoms. The molecule has 1 aliphatic carbocycles. The number of amides is 1. The Balaban J connectivity index is 1.72. The van der Waals surface area contributed by atoms with Gasteiger partial charge in [0, 0.05) is 11.9 Å². The number of carbonyl (C=O) groups is 1. The van der Waals surface area contributed by atoms with E-state index >= 15 is 0 Å². The lowest BCUT2D eigenvalue weighted by Crippen LogP contribution is -2.37. The van der Waals surface area contributed by atoms with Crippen molar-refractivity contribution in [2.45, 2.75) is 70.1 Å². The van der Waals surface area contributed by atoms with Gasteiger partial charge >= 0.3 is 6.18 Å². The predicted molar refractivity (Wildman–Crippen MR) is 120 cm³/mol. The van der Waals surface area contributed by atoms with Gasteiger partial charge in [-0.3, -0.25) is 4.79 Å². The largest absolute Gasteiger partial charge is 0.501 e. The number of benzene rings is 1. The highest BCUT2D eigenvalue weighted by molar-refractivity contribution is 6.48. The molecular formula is C25H24BF3N3O3. The van der Waals surface area contributed by atoms with Crippen molar-refractivity contribution < 1.29 is 27.1 Å². The van der Waals surface area contributed by atoms with E-state index in [9.17, 15) is 23.2 Å². The van der Waals surface area contributed by atoms with Crippen LogP contribution >= 0.6 is 0 Å². The zero-order valence-electron chi connectivity index (χ0n) is 19.6. The summed E-state index contributed by atoms with van der Waals surface area (Å²) in [4.78, 5) is 17.4. The summed E-state index contributed by atoms with van der Waals surface area (Å²) in [6, 6.07) is 6.39. The Bertz CT molecular complexity index is 1270. The second-order valence-corrected chi connectivity index (χ2v) is 10.4. The Morgan fingerprint density at radius 2 is 2.00 bits per heavy atom. The van der Waals surface area contributed by atoms with E-state index < -0.39 is 34.5 Å². The highest BCUT2D eigenvalue weighted by Gasteiger charge is 2.50. The highest BCUT2D eigenvalue weighted by Crippen LogP contribution is 2.49. The molecule has 1 N–H and O–H groups in total. The van der Waals surface area contributed by atoms with Gasteiger partial charge in [-0.2, -0.15) is 18.4 Å². The van der Waals surface area contributed by atoms with E-state index in [1.54, 1.807) is 0 Å². The van der Waals surface area contributed by atoms with E-state index in [0.29, 0.717) is 25.5 Å². The number of allylic oxidation sites excluding steroid dienone is 1. The zero-order valence-corrected chi connectivity index (χ0v) is 19.6. The smallest absolute Gasteiger partial charge is 0.407 e. The van der Waals surface area contributed by atoms with E-state index in [-0.39, 0.29) is 29.7 Å². The first-order valence-corrected chi connectivity index (χ1v) is 11.5. The van der Waals surface area contributed by atoms with Crippen LogP contribution in [0.15, 0.2) is 34.4 Å². The van der Waals surface area contributed by atoms with Crippen LogP contribution in [0.5, 0.6) is 0 Å². The van der Waals surface area contributed by atoms with Crippen LogP contribution in [0, 0.1) is 16.7 Å². The quantitative estimate of drug-likeness (QED) is 0.595. The number of ether oxygens (including phenoxy) is 1. The average Bonchev–Trinajstić information content (AvgIpc) is 3.50. The number of alkyl halides is 3. The van der Waals surface area contributed by atoms with Gasteiger partial charge in [-0.1, -0.05) is 39.0 Å². The maximum absolute atomic E-state index is 13.4. The van der Waals surface area contributed by atoms with Gasteiger partial charge in [0.15, 0.2) is 5.76 Å². The van der Waals surface area contributed by atoms with Crippen LogP contribution in [0.4, 0.5) is 13.2 Å². The molecule has 1 aromatic heterocycles. The summed E-state index contributed by atoms with van der Waals surface area (Å²) in [7, 11) is 0.950. The number of carbonyl (C=O) groups excluding carboxylic acids is 1. The van der Waals surface area contributed by atoms with Gasteiger partial charge in [-0.05, 0) is 41.4 Å². The molecule has 35 heavy (non-hydrogen) atoms. The first-order chi connectivity index (χ1) is 16.4. The number of hydrogen-bond acceptors (Lipinski definition) is 5. The fourth-order valence-corrected chi connectivity index (χ4v) is 5.06. The molecule has 3 heterocycles. The lowest BCUT2D eigenvalue weighted by molar-refractivity contribution is -0.122. The van der Waals surface area contributed by atoms with Crippen molar-refractivity contribution in [2.75, 3.05) is 0 Å². The Kier molecular flexibility index (Phi) is 5.31. The number of nitrogens with one attached hydrogen (secondary N) is 1. The summed E-state index contributed by atoms with van der Waals surface area (Å²) in [5.41, 5.74) is 0.0729. The third-order valence-electron chi connectivity index (χ3n) is 6.98. The van der Waals surface area contributed by atoms with Gasteiger partial charge in [-0.25, -0.2) is 4.98 Å². The Hall–Kier alpha value is -3.22. The average molecular weight is 482 g/mol. The molecule has 3 aliphatic rings. The van der Waals surface area contributed by atoms with Crippen LogP contribution < -0.4 is 5.32 Å². The summed E-state index contributed by atoms with van der Waals surface area (Å²) >= 11 is 0. The Labute approximate surface area is 201 Å². The molecule has 10 heteroatoms. The number of fused-ring (bicyclic) bond motifs is 4. The lowest BCUT2D eigenvalue weighted by atomic mass is 9.63. The highest BCUT2D eigenvalue weighted by atomic mass is 19.4. The van der Waals surface area contributed by atoms with Gasteiger partial charge in [0.1, 0.15) is 23.2 Å². The van der Waals surface area contributed by atoms with Gasteiger partial charge < -0.3 is 14.5 Å². The minimum absolute atomic E-state index is 0.123. The Morgan fingerprint density at radius 3 is 2.66 bits per heavy atom. The van der Waals surface area contributed by atoms with Crippen LogP contribution in [0.1, 0.15) is 79.7 Å². The summed E-state index contributed by atoms with van der Waals surface area (Å²) in [6.45, 7) is 5.72. The summed E-state index contributed by atoms with van der Waals surface area (Å²) in [5, 5.41) is 13.5. The van der Waals surface area contributed by atoms with Crippen molar-refractivity contribution in [3.63, 3.8) is 0 Å². The number of hydrogen-bond donors (Lipinski definition) is 1. The standard InChI is InChI=1S/C25H24BF3N3O3/c1-23(2,3)19-22-32-18(21-26-16(11-34-21)25(27,28)29)20(35-22)24(12-30)9-8-14-6-4-13(10-15(14)24)5-7-17(33)31-19/h4,6,10-11,19,21H,5,7-9H2,1-3H3,(H,31,33). The van der Waals surface area contributed by atoms with Crippen LogP contribution in [-0.2, 0) is 27.8 Å². The lowest BCUT2D eigenvalue weighted by Gasteiger charge is -2.29. The minimum atomic E-state index is -4.58. The second kappa shape index (κ2) is 7.90. The summed E-state index contributed by atoms with van der Waals surface area (Å²) in [6.07, 6.45) is -2.16. The summed E-state index contributed by atoms with van der Waals surface area (Å²) in [5.74, 6) is 0.129. The third-order valence-corrected chi connectivity index (χ3v) is 6.98. The fraction of sp³-hybridized carbons (Fsp3) is 0.480. The van der Waals surface area contributed by atoms with Crippen molar-refractivity contribution in [2.24, 2.45) is 5.41 Å². The topological polar surface area (TPSA) is 88.2 Å². The molecule has 3 atom stereocenters. The van der Waals surface area contributed by atoms with Gasteiger partial charge in [0.2, 0.25) is 19.1 Å². The van der Waals surface area contributed by atoms with Gasteiger partial charge in [0.25, 0.3) is 0 Å². The molecule has 0 saturated carbocycles. The molecule has 1 radical (unpaired) electrons. The molecule has 0 fully saturated rings. The van der Waals surface area contributed by atoms with Crippen molar-refractivity contribution >= 4 is 13.2 Å². The van der Waals surface area contributed by atoms with Crippen molar-refractivity contribution in [3.8, 4) is 6.07 Å². The van der Waals surface area contributed by atoms with E-state index in [1.165, 1.54) is 0 Å². The van der Waals surface area contributed by atoms with Crippen molar-refractivity contribution in [1.82, 2.24) is 10.3 Å². The molecule has 0 saturated heterocycles. The molecule has 1 amide bonds. The number of nitrogens with zero attached hydrogens (tertiary/aromatic N) is 2. The minimum Gasteiger partial charge on any atom is -0.501 e. The van der Waals surface area contributed by atoms with Crippen LogP contribution in [0.2, 0.25) is 0 Å². The second-order valence-electron chi connectivity index (χ2n) is 10.4. The first-order valence-electron chi connectivity index (χ1n) is 11.5. The van der Waals surface area contributed by atoms with E-state index in [1.807, 2.05) is 39.0 Å². The monoisotopic (exact) mass is 482 g/mol. The Morgan fingerprint density at radius 1 is 1.23 bits per heavy atom. The molecular weight excluding hydrogens is 458 g/mol. The third kappa shape index (κ3) is 3.91. The van der Waals surface area contributed by atoms with Gasteiger partial charge in [0.05, 0.1) is 12.3 Å². The molecule has 3 unspecified atom stereocenters. The number of oxazole rings is 1. The molecule has 2 aliphatic heterocycles. The first kappa shape index (κ1) is 23.5. The zero-order chi connectivity index (χ0) is 25.2. The van der Waals surface area contributed by atoms with Crippen molar-refractivity contribution in [1.29, 1.82) is 5.26 Å². The molecule has 0 spiro atoms. The molecule has 2 aromatic rings. The van der Waals surface area contributed by atoms with Crippen LogP contribution in [0.25, 0.3) is 0 Å². The molecule has 181 valence electrons. The van der Waals surface area contributed by atoms with E-state index in [0.717, 1.165) is 24.0 Å². The maximum Gasteiger partial charge on any atom is 0.407 e. The van der Waals surface area contributed by atoms with E-state index in [2.05, 4.69) is 16.4 Å². The molecule has 6 nitrogen and oxygen atoms in total. The number of aryl methyl sites for hydroxylation is 2. The molecule has 5 rings (SSSR count). The van der Waals surface area contributed by atoms with Gasteiger partial charge in [-0.15, -0.1) is 0 Å². The number of halogens is 3. The van der Waals surface area contributed by atoms with Crippen LogP contribution in [0.3, 0.4) is 0 Å².